The van der Waals surface area contributed by atoms with Crippen LogP contribution in [0.4, 0.5) is 0 Å². The van der Waals surface area contributed by atoms with Crippen LogP contribution in [0.1, 0.15) is 13.8 Å². The molecule has 0 bridgehead atoms. The standard InChI is InChI=1S/C12H14N2O3S.C5H8O2/c1-18-12-10(11(16)14-12)13-9(15)7-17-8-5-3-2-4-6-8;1-4(2)3-5(6)7/h2-6,10,12H,7H2,1H3,(H,13,15)(H,14,16);3H,1-2H3,(H,6,7)/t10-,12-;/m1./s1. The van der Waals surface area contributed by atoms with Crippen molar-refractivity contribution in [3.63, 3.8) is 0 Å². The number of allylic oxidation sites excluding steroid dienone is 1. The van der Waals surface area contributed by atoms with Crippen molar-refractivity contribution in [1.82, 2.24) is 10.6 Å². The van der Waals surface area contributed by atoms with Gasteiger partial charge in [0.05, 0.1) is 0 Å². The fourth-order valence-corrected chi connectivity index (χ4v) is 2.52. The predicted octanol–water partition coefficient (Wildman–Crippen LogP) is 1.41. The van der Waals surface area contributed by atoms with Gasteiger partial charge in [0.15, 0.2) is 6.61 Å². The third kappa shape index (κ3) is 7.75. The number of hydrogen-bond donors (Lipinski definition) is 3. The predicted molar refractivity (Wildman–Crippen MR) is 96.4 cm³/mol. The molecule has 1 aliphatic rings. The average Bonchev–Trinajstić information content (AvgIpc) is 2.56. The minimum atomic E-state index is -0.875. The number of rotatable bonds is 6. The number of thioether (sulfide) groups is 1. The first-order chi connectivity index (χ1) is 11.8. The number of carboxylic acid groups (broad SMARTS) is 1. The molecule has 1 aromatic rings. The third-order valence-electron chi connectivity index (χ3n) is 2.97. The fourth-order valence-electron chi connectivity index (χ4n) is 1.82. The Morgan fingerprint density at radius 3 is 2.40 bits per heavy atom. The van der Waals surface area contributed by atoms with E-state index in [0.717, 1.165) is 5.57 Å². The number of carbonyl (C=O) groups is 3. The Balaban J connectivity index is 0.000000381. The maximum Gasteiger partial charge on any atom is 0.328 e. The van der Waals surface area contributed by atoms with Gasteiger partial charge in [-0.05, 0) is 32.2 Å². The first kappa shape index (κ1) is 20.6. The molecule has 0 radical (unpaired) electrons. The topological polar surface area (TPSA) is 105 Å². The molecule has 8 heteroatoms. The summed E-state index contributed by atoms with van der Waals surface area (Å²) < 4.78 is 5.29. The van der Waals surface area contributed by atoms with E-state index >= 15 is 0 Å². The van der Waals surface area contributed by atoms with Gasteiger partial charge in [-0.2, -0.15) is 0 Å². The van der Waals surface area contributed by atoms with Gasteiger partial charge in [-0.15, -0.1) is 11.8 Å². The lowest BCUT2D eigenvalue weighted by atomic mass is 10.1. The molecule has 0 aliphatic carbocycles. The van der Waals surface area contributed by atoms with Crippen molar-refractivity contribution in [1.29, 1.82) is 0 Å². The van der Waals surface area contributed by atoms with Gasteiger partial charge < -0.3 is 20.5 Å². The zero-order valence-corrected chi connectivity index (χ0v) is 15.1. The SMILES string of the molecule is CC(C)=CC(=O)O.CS[C@H]1NC(=O)[C@H]1NC(=O)COc1ccccc1. The Labute approximate surface area is 150 Å². The lowest BCUT2D eigenvalue weighted by molar-refractivity contribution is -0.134. The molecule has 1 aliphatic heterocycles. The van der Waals surface area contributed by atoms with Crippen LogP contribution in [0.15, 0.2) is 42.0 Å². The smallest absolute Gasteiger partial charge is 0.328 e. The van der Waals surface area contributed by atoms with Crippen LogP contribution in [-0.4, -0.2) is 47.2 Å². The molecule has 136 valence electrons. The molecule has 3 N–H and O–H groups in total. The number of hydrogen-bond acceptors (Lipinski definition) is 5. The number of carboxylic acids is 1. The summed E-state index contributed by atoms with van der Waals surface area (Å²) >= 11 is 1.49. The number of aliphatic carboxylic acids is 1. The van der Waals surface area contributed by atoms with Crippen molar-refractivity contribution < 1.29 is 24.2 Å². The molecular formula is C17H22N2O5S. The number of amides is 2. The van der Waals surface area contributed by atoms with Crippen LogP contribution < -0.4 is 15.4 Å². The molecule has 0 saturated carbocycles. The lowest BCUT2D eigenvalue weighted by Crippen LogP contribution is -2.68. The first-order valence-corrected chi connectivity index (χ1v) is 8.80. The normalized spacial score (nSPS) is 17.8. The van der Waals surface area contributed by atoms with Crippen LogP contribution in [0.5, 0.6) is 5.75 Å². The van der Waals surface area contributed by atoms with Crippen LogP contribution in [0.2, 0.25) is 0 Å². The van der Waals surface area contributed by atoms with Crippen molar-refractivity contribution in [2.45, 2.75) is 25.3 Å². The van der Waals surface area contributed by atoms with Gasteiger partial charge in [0.2, 0.25) is 5.91 Å². The van der Waals surface area contributed by atoms with Crippen molar-refractivity contribution in [2.75, 3.05) is 12.9 Å². The lowest BCUT2D eigenvalue weighted by Gasteiger charge is -2.35. The van der Waals surface area contributed by atoms with E-state index in [0.29, 0.717) is 5.75 Å². The van der Waals surface area contributed by atoms with E-state index in [1.807, 2.05) is 24.5 Å². The van der Waals surface area contributed by atoms with E-state index in [-0.39, 0.29) is 23.8 Å². The minimum absolute atomic E-state index is 0.0434. The summed E-state index contributed by atoms with van der Waals surface area (Å²) in [5.74, 6) is -0.688. The highest BCUT2D eigenvalue weighted by atomic mass is 32.2. The zero-order valence-electron chi connectivity index (χ0n) is 14.3. The molecule has 2 atom stereocenters. The molecule has 1 aromatic carbocycles. The molecule has 1 heterocycles. The van der Waals surface area contributed by atoms with E-state index in [9.17, 15) is 14.4 Å². The highest BCUT2D eigenvalue weighted by Crippen LogP contribution is 2.16. The molecule has 7 nitrogen and oxygen atoms in total. The first-order valence-electron chi connectivity index (χ1n) is 7.51. The maximum absolute atomic E-state index is 11.6. The molecule has 2 rings (SSSR count). The molecule has 1 saturated heterocycles. The molecule has 0 aromatic heterocycles. The Morgan fingerprint density at radius 2 is 1.96 bits per heavy atom. The van der Waals surface area contributed by atoms with E-state index in [2.05, 4.69) is 10.6 Å². The van der Waals surface area contributed by atoms with Gasteiger partial charge in [0.1, 0.15) is 17.2 Å². The quantitative estimate of drug-likeness (QED) is 0.519. The van der Waals surface area contributed by atoms with Crippen molar-refractivity contribution >= 4 is 29.5 Å². The van der Waals surface area contributed by atoms with Gasteiger partial charge in [-0.3, -0.25) is 9.59 Å². The van der Waals surface area contributed by atoms with Gasteiger partial charge >= 0.3 is 5.97 Å². The second kappa shape index (κ2) is 10.4. The zero-order chi connectivity index (χ0) is 18.8. The molecule has 25 heavy (non-hydrogen) atoms. The Hall–Kier alpha value is -2.48. The summed E-state index contributed by atoms with van der Waals surface area (Å²) in [4.78, 5) is 32.6. The van der Waals surface area contributed by atoms with Gasteiger partial charge in [0.25, 0.3) is 5.91 Å². The van der Waals surface area contributed by atoms with E-state index in [1.54, 1.807) is 26.0 Å². The number of β-lactam (4-membered cyclic amide) rings is 1. The molecule has 0 spiro atoms. The summed E-state index contributed by atoms with van der Waals surface area (Å²) in [7, 11) is 0. The van der Waals surface area contributed by atoms with Crippen LogP contribution >= 0.6 is 11.8 Å². The van der Waals surface area contributed by atoms with Gasteiger partial charge in [0, 0.05) is 6.08 Å². The second-order valence-corrected chi connectivity index (χ2v) is 6.35. The van der Waals surface area contributed by atoms with E-state index in [1.165, 1.54) is 17.8 Å². The Kier molecular flexibility index (Phi) is 8.55. The molecule has 2 amide bonds. The van der Waals surface area contributed by atoms with E-state index < -0.39 is 12.0 Å². The van der Waals surface area contributed by atoms with Crippen molar-refractivity contribution in [2.24, 2.45) is 0 Å². The number of ether oxygens (including phenoxy) is 1. The molecule has 1 fully saturated rings. The number of nitrogens with one attached hydrogen (secondary N) is 2. The van der Waals surface area contributed by atoms with Crippen LogP contribution in [0.25, 0.3) is 0 Å². The second-order valence-electron chi connectivity index (χ2n) is 5.37. The summed E-state index contributed by atoms with van der Waals surface area (Å²) in [5.41, 5.74) is 0.813. The van der Waals surface area contributed by atoms with Crippen LogP contribution in [-0.2, 0) is 14.4 Å². The van der Waals surface area contributed by atoms with Crippen LogP contribution in [0.3, 0.4) is 0 Å². The number of carbonyl (C=O) groups excluding carboxylic acids is 2. The molecular weight excluding hydrogens is 344 g/mol. The monoisotopic (exact) mass is 366 g/mol. The summed E-state index contributed by atoms with van der Waals surface area (Å²) in [5, 5.41) is 13.3. The van der Waals surface area contributed by atoms with Gasteiger partial charge in [-0.1, -0.05) is 23.8 Å². The highest BCUT2D eigenvalue weighted by molar-refractivity contribution is 7.99. The summed E-state index contributed by atoms with van der Waals surface area (Å²) in [6, 6.07) is 8.62. The summed E-state index contributed by atoms with van der Waals surface area (Å²) in [6.45, 7) is 3.40. The Bertz CT molecular complexity index is 629. The average molecular weight is 366 g/mol. The summed E-state index contributed by atoms with van der Waals surface area (Å²) in [6.07, 6.45) is 3.05. The number of benzene rings is 1. The van der Waals surface area contributed by atoms with Crippen molar-refractivity contribution in [3.8, 4) is 5.75 Å². The van der Waals surface area contributed by atoms with Crippen LogP contribution in [0, 0.1) is 0 Å². The van der Waals surface area contributed by atoms with Gasteiger partial charge in [-0.25, -0.2) is 4.79 Å². The van der Waals surface area contributed by atoms with Crippen molar-refractivity contribution in [3.05, 3.63) is 42.0 Å². The maximum atomic E-state index is 11.6. The third-order valence-corrected chi connectivity index (χ3v) is 3.86. The highest BCUT2D eigenvalue weighted by Gasteiger charge is 2.39. The Morgan fingerprint density at radius 1 is 1.32 bits per heavy atom. The fraction of sp³-hybridized carbons (Fsp3) is 0.353. The molecule has 0 unspecified atom stereocenters. The number of para-hydroxylation sites is 1. The minimum Gasteiger partial charge on any atom is -0.484 e. The largest absolute Gasteiger partial charge is 0.484 e. The van der Waals surface area contributed by atoms with E-state index in [4.69, 9.17) is 9.84 Å².